The predicted octanol–water partition coefficient (Wildman–Crippen LogP) is 0.0973. The van der Waals surface area contributed by atoms with Crippen molar-refractivity contribution in [3.05, 3.63) is 42.1 Å². The van der Waals surface area contributed by atoms with Crippen molar-refractivity contribution in [2.24, 2.45) is 12.0 Å². The van der Waals surface area contributed by atoms with Crippen molar-refractivity contribution in [3.63, 3.8) is 0 Å². The molecule has 0 unspecified atom stereocenters. The number of nitrogens with zero attached hydrogens (tertiary/aromatic N) is 3. The number of rotatable bonds is 3. The zero-order valence-electron chi connectivity index (χ0n) is 11.6. The number of amides is 1. The Bertz CT molecular complexity index is 869. The minimum atomic E-state index is -3.59. The summed E-state index contributed by atoms with van der Waals surface area (Å²) in [5, 5.41) is 6.59. The van der Waals surface area contributed by atoms with Crippen LogP contribution >= 0.6 is 0 Å². The second-order valence-corrected chi connectivity index (χ2v) is 6.34. The molecule has 0 spiro atoms. The molecule has 1 aliphatic heterocycles. The fraction of sp³-hybridized carbons (Fsp3) is 0.154. The summed E-state index contributed by atoms with van der Waals surface area (Å²) in [5.74, 6) is 0.210. The molecule has 1 aliphatic rings. The van der Waals surface area contributed by atoms with E-state index in [0.29, 0.717) is 11.4 Å². The third-order valence-electron chi connectivity index (χ3n) is 3.02. The topological polar surface area (TPSA) is 105 Å². The zero-order valence-corrected chi connectivity index (χ0v) is 12.5. The van der Waals surface area contributed by atoms with Crippen LogP contribution in [-0.2, 0) is 21.9 Å². The number of amidine groups is 1. The van der Waals surface area contributed by atoms with E-state index in [0.717, 1.165) is 0 Å². The average molecular weight is 319 g/mol. The molecule has 0 fully saturated rings. The first kappa shape index (κ1) is 14.3. The number of aryl methyl sites for hydroxylation is 1. The number of benzene rings is 1. The van der Waals surface area contributed by atoms with Gasteiger partial charge in [-0.15, -0.1) is 0 Å². The number of sulfonamides is 1. The van der Waals surface area contributed by atoms with E-state index < -0.39 is 10.0 Å². The van der Waals surface area contributed by atoms with Crippen LogP contribution in [0.2, 0.25) is 0 Å². The Labute approximate surface area is 126 Å². The molecular formula is C13H13N5O3S. The molecule has 0 aliphatic carbocycles. The number of aromatic nitrogens is 2. The van der Waals surface area contributed by atoms with E-state index in [2.05, 4.69) is 20.1 Å². The van der Waals surface area contributed by atoms with E-state index >= 15 is 0 Å². The quantitative estimate of drug-likeness (QED) is 0.836. The molecule has 3 rings (SSSR count). The van der Waals surface area contributed by atoms with Gasteiger partial charge in [0.25, 0.3) is 10.0 Å². The van der Waals surface area contributed by atoms with Gasteiger partial charge in [-0.05, 0) is 12.1 Å². The number of anilines is 1. The molecule has 2 N–H and O–H groups in total. The van der Waals surface area contributed by atoms with E-state index in [1.165, 1.54) is 6.07 Å². The summed E-state index contributed by atoms with van der Waals surface area (Å²) in [4.78, 5) is 16.0. The van der Waals surface area contributed by atoms with Crippen molar-refractivity contribution in [1.82, 2.24) is 14.5 Å². The van der Waals surface area contributed by atoms with Crippen molar-refractivity contribution in [1.29, 1.82) is 0 Å². The van der Waals surface area contributed by atoms with Crippen LogP contribution < -0.4 is 10.0 Å². The summed E-state index contributed by atoms with van der Waals surface area (Å²) >= 11 is 0. The van der Waals surface area contributed by atoms with Crippen molar-refractivity contribution >= 4 is 27.6 Å². The molecule has 0 bridgehead atoms. The molecule has 0 atom stereocenters. The van der Waals surface area contributed by atoms with Crippen molar-refractivity contribution in [2.45, 2.75) is 4.90 Å². The Morgan fingerprint density at radius 2 is 2.14 bits per heavy atom. The van der Waals surface area contributed by atoms with Gasteiger partial charge >= 0.3 is 0 Å². The summed E-state index contributed by atoms with van der Waals surface area (Å²) in [6, 6.07) is 8.13. The van der Waals surface area contributed by atoms with Crippen molar-refractivity contribution in [3.8, 4) is 0 Å². The molecule has 114 valence electrons. The van der Waals surface area contributed by atoms with Gasteiger partial charge in [-0.25, -0.2) is 8.42 Å². The number of carbonyl (C=O) groups is 1. The molecule has 9 heteroatoms. The van der Waals surface area contributed by atoms with Crippen LogP contribution in [0, 0.1) is 0 Å². The minimum Gasteiger partial charge on any atom is -0.308 e. The molecule has 1 amide bonds. The lowest BCUT2D eigenvalue weighted by atomic mass is 10.2. The first-order valence-corrected chi connectivity index (χ1v) is 7.90. The highest BCUT2D eigenvalue weighted by Crippen LogP contribution is 2.21. The minimum absolute atomic E-state index is 0.166. The lowest BCUT2D eigenvalue weighted by Gasteiger charge is -2.00. The highest BCUT2D eigenvalue weighted by molar-refractivity contribution is 7.90. The lowest BCUT2D eigenvalue weighted by Crippen LogP contribution is -2.24. The van der Waals surface area contributed by atoms with E-state index in [1.807, 2.05) is 0 Å². The molecule has 0 saturated heterocycles. The van der Waals surface area contributed by atoms with E-state index in [9.17, 15) is 13.2 Å². The summed E-state index contributed by atoms with van der Waals surface area (Å²) in [7, 11) is -1.85. The number of carbonyl (C=O) groups excluding carboxylic acids is 1. The van der Waals surface area contributed by atoms with E-state index in [1.54, 1.807) is 42.2 Å². The number of aliphatic imine (C=N–C) groups is 1. The molecule has 0 radical (unpaired) electrons. The average Bonchev–Trinajstić information content (AvgIpc) is 2.99. The normalized spacial score (nSPS) is 17.0. The Hall–Kier alpha value is -2.68. The molecule has 0 saturated carbocycles. The predicted molar refractivity (Wildman–Crippen MR) is 80.0 cm³/mol. The largest absolute Gasteiger partial charge is 0.308 e. The van der Waals surface area contributed by atoms with Gasteiger partial charge in [0.15, 0.2) is 5.82 Å². The fourth-order valence-corrected chi connectivity index (χ4v) is 3.32. The van der Waals surface area contributed by atoms with Gasteiger partial charge in [-0.1, -0.05) is 12.1 Å². The molecule has 8 nitrogen and oxygen atoms in total. The monoisotopic (exact) mass is 319 g/mol. The SMILES string of the molecule is Cn1ccc(NC(=O)CN=C2NS(=O)(=O)c3ccccc32)n1. The van der Waals surface area contributed by atoms with Gasteiger partial charge in [-0.3, -0.25) is 19.2 Å². The van der Waals surface area contributed by atoms with Crippen LogP contribution in [0.4, 0.5) is 5.82 Å². The molecule has 2 aromatic rings. The zero-order chi connectivity index (χ0) is 15.7. The Morgan fingerprint density at radius 3 is 2.86 bits per heavy atom. The van der Waals surface area contributed by atoms with Gasteiger partial charge in [0.1, 0.15) is 12.4 Å². The highest BCUT2D eigenvalue weighted by atomic mass is 32.2. The van der Waals surface area contributed by atoms with Gasteiger partial charge in [0.2, 0.25) is 5.91 Å². The molecule has 22 heavy (non-hydrogen) atoms. The highest BCUT2D eigenvalue weighted by Gasteiger charge is 2.30. The Morgan fingerprint density at radius 1 is 1.36 bits per heavy atom. The van der Waals surface area contributed by atoms with Crippen LogP contribution in [0.3, 0.4) is 0 Å². The maximum Gasteiger partial charge on any atom is 0.263 e. The summed E-state index contributed by atoms with van der Waals surface area (Å²) in [6.45, 7) is -0.206. The summed E-state index contributed by atoms with van der Waals surface area (Å²) < 4.78 is 27.7. The molecular weight excluding hydrogens is 306 g/mol. The second kappa shape index (κ2) is 5.26. The number of hydrogen-bond acceptors (Lipinski definition) is 5. The lowest BCUT2D eigenvalue weighted by molar-refractivity contribution is -0.114. The number of nitrogens with one attached hydrogen (secondary N) is 2. The van der Waals surface area contributed by atoms with E-state index in [4.69, 9.17) is 0 Å². The molecule has 2 heterocycles. The molecule has 1 aromatic heterocycles. The van der Waals surface area contributed by atoms with Gasteiger partial charge in [0.05, 0.1) is 4.90 Å². The number of hydrogen-bond donors (Lipinski definition) is 2. The smallest absolute Gasteiger partial charge is 0.263 e. The summed E-state index contributed by atoms with van der Waals surface area (Å²) in [6.07, 6.45) is 1.70. The third-order valence-corrected chi connectivity index (χ3v) is 4.42. The first-order valence-electron chi connectivity index (χ1n) is 6.42. The first-order chi connectivity index (χ1) is 10.5. The fourth-order valence-electron chi connectivity index (χ4n) is 2.07. The van der Waals surface area contributed by atoms with Crippen LogP contribution in [0.15, 0.2) is 46.4 Å². The molecule has 1 aromatic carbocycles. The van der Waals surface area contributed by atoms with E-state index in [-0.39, 0.29) is 23.2 Å². The van der Waals surface area contributed by atoms with Gasteiger partial charge in [-0.2, -0.15) is 5.10 Å². The Kier molecular flexibility index (Phi) is 3.41. The van der Waals surface area contributed by atoms with Gasteiger partial charge < -0.3 is 5.32 Å². The number of fused-ring (bicyclic) bond motifs is 1. The van der Waals surface area contributed by atoms with Crippen LogP contribution in [-0.4, -0.2) is 36.5 Å². The Balaban J connectivity index is 1.75. The van der Waals surface area contributed by atoms with Crippen molar-refractivity contribution < 1.29 is 13.2 Å². The maximum atomic E-state index is 11.9. The van der Waals surface area contributed by atoms with Gasteiger partial charge in [0, 0.05) is 24.9 Å². The second-order valence-electron chi connectivity index (χ2n) is 4.69. The summed E-state index contributed by atoms with van der Waals surface area (Å²) in [5.41, 5.74) is 0.466. The van der Waals surface area contributed by atoms with Crippen LogP contribution in [0.5, 0.6) is 0 Å². The maximum absolute atomic E-state index is 11.9. The van der Waals surface area contributed by atoms with Crippen molar-refractivity contribution in [2.75, 3.05) is 11.9 Å². The van der Waals surface area contributed by atoms with Crippen LogP contribution in [0.1, 0.15) is 5.56 Å². The standard InChI is InChI=1S/C13H13N5O3S/c1-18-7-6-11(16-18)15-12(19)8-14-13-9-4-2-3-5-10(9)22(20,21)17-13/h2-7H,8H2,1H3,(H,14,17)(H,15,16,19). The van der Waals surface area contributed by atoms with Crippen LogP contribution in [0.25, 0.3) is 0 Å². The third kappa shape index (κ3) is 2.70.